The number of hydrogen-bond acceptors (Lipinski definition) is 5. The number of carbonyl (C=O) groups is 1. The van der Waals surface area contributed by atoms with E-state index in [-0.39, 0.29) is 11.5 Å². The zero-order valence-electron chi connectivity index (χ0n) is 17.3. The highest BCUT2D eigenvalue weighted by Gasteiger charge is 2.23. The van der Waals surface area contributed by atoms with Crippen molar-refractivity contribution >= 4 is 16.9 Å². The van der Waals surface area contributed by atoms with Crippen LogP contribution in [0.5, 0.6) is 5.75 Å². The van der Waals surface area contributed by atoms with Crippen LogP contribution in [-0.2, 0) is 17.6 Å². The predicted octanol–water partition coefficient (Wildman–Crippen LogP) is 2.82. The number of nitrogens with one attached hydrogen (secondary N) is 1. The van der Waals surface area contributed by atoms with Crippen LogP contribution in [0.3, 0.4) is 0 Å². The van der Waals surface area contributed by atoms with Gasteiger partial charge in [0.15, 0.2) is 6.10 Å². The lowest BCUT2D eigenvalue weighted by molar-refractivity contribution is -0.127. The number of amides is 1. The van der Waals surface area contributed by atoms with Gasteiger partial charge in [0.2, 0.25) is 0 Å². The van der Waals surface area contributed by atoms with Gasteiger partial charge in [-0.2, -0.15) is 0 Å². The topological polar surface area (TPSA) is 71.8 Å². The van der Waals surface area contributed by atoms with Gasteiger partial charge in [0, 0.05) is 12.1 Å². The molecule has 0 aliphatic heterocycles. The van der Waals surface area contributed by atoms with E-state index in [1.54, 1.807) is 6.92 Å². The molecule has 0 saturated carbocycles. The Hall–Kier alpha value is -2.34. The summed E-state index contributed by atoms with van der Waals surface area (Å²) in [6.07, 6.45) is 3.87. The second-order valence-electron chi connectivity index (χ2n) is 7.90. The molecule has 1 N–H and O–H groups in total. The molecule has 0 unspecified atom stereocenters. The van der Waals surface area contributed by atoms with Gasteiger partial charge >= 0.3 is 5.63 Å². The summed E-state index contributed by atoms with van der Waals surface area (Å²) in [5, 5.41) is 3.77. The molecule has 1 heterocycles. The Balaban J connectivity index is 1.84. The van der Waals surface area contributed by atoms with Crippen LogP contribution in [0.2, 0.25) is 0 Å². The highest BCUT2D eigenvalue weighted by Crippen LogP contribution is 2.35. The summed E-state index contributed by atoms with van der Waals surface area (Å²) in [5.74, 6) is 0.479. The molecule has 1 amide bonds. The summed E-state index contributed by atoms with van der Waals surface area (Å²) in [4.78, 5) is 26.9. The molecule has 28 heavy (non-hydrogen) atoms. The lowest BCUT2D eigenvalue weighted by Crippen LogP contribution is -2.37. The fourth-order valence-corrected chi connectivity index (χ4v) is 3.75. The van der Waals surface area contributed by atoms with Gasteiger partial charge in [0.05, 0.1) is 5.39 Å². The minimum absolute atomic E-state index is 0.139. The molecule has 2 aromatic rings. The molecule has 1 aromatic heterocycles. The van der Waals surface area contributed by atoms with Crippen molar-refractivity contribution in [3.63, 3.8) is 0 Å². The quantitative estimate of drug-likeness (QED) is 0.585. The van der Waals surface area contributed by atoms with Crippen molar-refractivity contribution in [1.29, 1.82) is 0 Å². The van der Waals surface area contributed by atoms with Gasteiger partial charge in [-0.3, -0.25) is 4.79 Å². The second kappa shape index (κ2) is 8.78. The van der Waals surface area contributed by atoms with Crippen molar-refractivity contribution in [2.45, 2.75) is 52.1 Å². The molecule has 3 rings (SSSR count). The Bertz CT molecular complexity index is 917. The third kappa shape index (κ3) is 4.55. The number of aryl methyl sites for hydroxylation is 2. The largest absolute Gasteiger partial charge is 0.480 e. The lowest BCUT2D eigenvalue weighted by Gasteiger charge is -2.21. The minimum Gasteiger partial charge on any atom is -0.480 e. The summed E-state index contributed by atoms with van der Waals surface area (Å²) in [7, 11) is 4.02. The maximum absolute atomic E-state index is 12.4. The third-order valence-corrected chi connectivity index (χ3v) is 5.18. The first-order valence-electron chi connectivity index (χ1n) is 10.0. The van der Waals surface area contributed by atoms with Gasteiger partial charge in [0.25, 0.3) is 5.91 Å². The van der Waals surface area contributed by atoms with E-state index < -0.39 is 6.10 Å². The summed E-state index contributed by atoms with van der Waals surface area (Å²) < 4.78 is 11.7. The molecule has 0 spiro atoms. The van der Waals surface area contributed by atoms with Crippen LogP contribution in [0.1, 0.15) is 42.9 Å². The molecule has 0 saturated heterocycles. The van der Waals surface area contributed by atoms with Gasteiger partial charge in [0.1, 0.15) is 11.3 Å². The van der Waals surface area contributed by atoms with Crippen molar-refractivity contribution in [3.05, 3.63) is 39.2 Å². The fraction of sp³-hybridized carbons (Fsp3) is 0.545. The van der Waals surface area contributed by atoms with Gasteiger partial charge in [-0.25, -0.2) is 4.79 Å². The van der Waals surface area contributed by atoms with Gasteiger partial charge in [-0.05, 0) is 89.9 Å². The van der Waals surface area contributed by atoms with Crippen LogP contribution in [-0.4, -0.2) is 44.1 Å². The van der Waals surface area contributed by atoms with E-state index in [1.807, 2.05) is 33.2 Å². The highest BCUT2D eigenvalue weighted by atomic mass is 16.5. The summed E-state index contributed by atoms with van der Waals surface area (Å²) in [6.45, 7) is 5.21. The molecule has 0 radical (unpaired) electrons. The minimum atomic E-state index is -0.629. The van der Waals surface area contributed by atoms with E-state index in [2.05, 4.69) is 10.2 Å². The molecule has 1 aromatic carbocycles. The Morgan fingerprint density at radius 3 is 2.68 bits per heavy atom. The van der Waals surface area contributed by atoms with E-state index in [0.29, 0.717) is 17.9 Å². The number of nitrogens with zero attached hydrogens (tertiary/aromatic N) is 1. The molecular formula is C22H30N2O4. The van der Waals surface area contributed by atoms with Gasteiger partial charge < -0.3 is 19.4 Å². The normalized spacial score (nSPS) is 14.8. The number of benzene rings is 1. The predicted molar refractivity (Wildman–Crippen MR) is 110 cm³/mol. The van der Waals surface area contributed by atoms with Crippen LogP contribution >= 0.6 is 0 Å². The average molecular weight is 386 g/mol. The zero-order chi connectivity index (χ0) is 20.3. The molecule has 1 aliphatic carbocycles. The van der Waals surface area contributed by atoms with Crippen molar-refractivity contribution in [2.75, 3.05) is 27.2 Å². The Kier molecular flexibility index (Phi) is 6.39. The number of rotatable bonds is 7. The van der Waals surface area contributed by atoms with Crippen LogP contribution in [0, 0.1) is 6.92 Å². The summed E-state index contributed by atoms with van der Waals surface area (Å²) in [6, 6.07) is 3.79. The van der Waals surface area contributed by atoms with E-state index in [9.17, 15) is 9.59 Å². The highest BCUT2D eigenvalue weighted by molar-refractivity contribution is 5.89. The van der Waals surface area contributed by atoms with Gasteiger partial charge in [-0.15, -0.1) is 0 Å². The number of carbonyl (C=O) groups excluding carboxylic acids is 1. The van der Waals surface area contributed by atoms with Crippen LogP contribution in [0.4, 0.5) is 0 Å². The number of ether oxygens (including phenoxy) is 1. The van der Waals surface area contributed by atoms with Crippen molar-refractivity contribution in [3.8, 4) is 5.75 Å². The van der Waals surface area contributed by atoms with E-state index in [4.69, 9.17) is 9.15 Å². The first-order chi connectivity index (χ1) is 13.4. The Labute approximate surface area is 165 Å². The van der Waals surface area contributed by atoms with E-state index in [0.717, 1.165) is 60.7 Å². The summed E-state index contributed by atoms with van der Waals surface area (Å²) in [5.41, 5.74) is 3.00. The fourth-order valence-electron chi connectivity index (χ4n) is 3.75. The Morgan fingerprint density at radius 1 is 1.25 bits per heavy atom. The van der Waals surface area contributed by atoms with Crippen molar-refractivity contribution in [2.24, 2.45) is 0 Å². The van der Waals surface area contributed by atoms with Crippen LogP contribution < -0.4 is 15.7 Å². The second-order valence-corrected chi connectivity index (χ2v) is 7.90. The SMILES string of the molecule is Cc1cc(O[C@@H](C)C(=O)NCCCN(C)C)c2c3c(c(=O)oc2c1)CCCC3. The maximum Gasteiger partial charge on any atom is 0.339 e. The summed E-state index contributed by atoms with van der Waals surface area (Å²) >= 11 is 0. The Morgan fingerprint density at radius 2 is 1.96 bits per heavy atom. The molecule has 1 atom stereocenters. The third-order valence-electron chi connectivity index (χ3n) is 5.18. The van der Waals surface area contributed by atoms with E-state index >= 15 is 0 Å². The van der Waals surface area contributed by atoms with Crippen molar-refractivity contribution in [1.82, 2.24) is 10.2 Å². The van der Waals surface area contributed by atoms with Gasteiger partial charge in [-0.1, -0.05) is 0 Å². The van der Waals surface area contributed by atoms with Crippen LogP contribution in [0.25, 0.3) is 11.0 Å². The molecule has 0 fully saturated rings. The first kappa shape index (κ1) is 20.4. The molecule has 1 aliphatic rings. The molecule has 0 bridgehead atoms. The zero-order valence-corrected chi connectivity index (χ0v) is 17.3. The maximum atomic E-state index is 12.4. The number of fused-ring (bicyclic) bond motifs is 3. The van der Waals surface area contributed by atoms with Crippen LogP contribution in [0.15, 0.2) is 21.3 Å². The molecule has 6 heteroatoms. The lowest BCUT2D eigenvalue weighted by atomic mass is 9.90. The van der Waals surface area contributed by atoms with Crippen molar-refractivity contribution < 1.29 is 13.9 Å². The first-order valence-corrected chi connectivity index (χ1v) is 10.0. The van der Waals surface area contributed by atoms with E-state index in [1.165, 1.54) is 0 Å². The monoisotopic (exact) mass is 386 g/mol. The average Bonchev–Trinajstić information content (AvgIpc) is 2.64. The smallest absolute Gasteiger partial charge is 0.339 e. The molecular weight excluding hydrogens is 356 g/mol. The standard InChI is InChI=1S/C22H30N2O4/c1-14-12-18(27-15(2)21(25)23-10-7-11-24(3)4)20-16-8-5-6-9-17(16)22(26)28-19(20)13-14/h12-13,15H,5-11H2,1-4H3,(H,23,25)/t15-/m0/s1. The molecule has 152 valence electrons. The number of hydrogen-bond donors (Lipinski definition) is 1. The molecule has 6 nitrogen and oxygen atoms in total.